The Balaban J connectivity index is 1.70. The third-order valence-electron chi connectivity index (χ3n) is 4.42. The molecular formula is C21H21N5O. The topological polar surface area (TPSA) is 55.5 Å². The Morgan fingerprint density at radius 1 is 1.04 bits per heavy atom. The number of pyridine rings is 1. The van der Waals surface area contributed by atoms with Crippen LogP contribution in [0.15, 0.2) is 60.9 Å². The number of benzene rings is 1. The SMILES string of the molecule is CCOc1ccc(N(C)c2nccc(-c3c(C)nc4ccccn34)n2)cc1. The van der Waals surface area contributed by atoms with Gasteiger partial charge in [0.05, 0.1) is 23.7 Å². The zero-order chi connectivity index (χ0) is 18.8. The van der Waals surface area contributed by atoms with E-state index in [-0.39, 0.29) is 0 Å². The Bertz CT molecular complexity index is 1070. The molecule has 136 valence electrons. The molecule has 6 nitrogen and oxygen atoms in total. The second kappa shape index (κ2) is 7.07. The van der Waals surface area contributed by atoms with Crippen molar-refractivity contribution >= 4 is 17.3 Å². The van der Waals surface area contributed by atoms with Gasteiger partial charge in [-0.05, 0) is 56.3 Å². The van der Waals surface area contributed by atoms with Gasteiger partial charge in [0.2, 0.25) is 5.95 Å². The van der Waals surface area contributed by atoms with Gasteiger partial charge in [-0.2, -0.15) is 0 Å². The van der Waals surface area contributed by atoms with Crippen molar-refractivity contribution in [2.75, 3.05) is 18.6 Å². The van der Waals surface area contributed by atoms with E-state index in [4.69, 9.17) is 9.72 Å². The van der Waals surface area contributed by atoms with E-state index >= 15 is 0 Å². The van der Waals surface area contributed by atoms with Gasteiger partial charge in [-0.25, -0.2) is 15.0 Å². The standard InChI is InChI=1S/C21H21N5O/c1-4-27-17-10-8-16(9-11-17)25(3)21-22-13-12-18(24-21)20-15(2)23-19-7-5-6-14-26(19)20/h5-14H,4H2,1-3H3. The number of imidazole rings is 1. The molecule has 0 atom stereocenters. The molecule has 4 rings (SSSR count). The Labute approximate surface area is 158 Å². The van der Waals surface area contributed by atoms with Crippen molar-refractivity contribution in [1.29, 1.82) is 0 Å². The molecule has 0 spiro atoms. The van der Waals surface area contributed by atoms with Crippen LogP contribution in [0.5, 0.6) is 5.75 Å². The molecule has 3 aromatic heterocycles. The molecule has 4 aromatic rings. The fourth-order valence-electron chi connectivity index (χ4n) is 3.11. The molecular weight excluding hydrogens is 338 g/mol. The maximum Gasteiger partial charge on any atom is 0.230 e. The zero-order valence-electron chi connectivity index (χ0n) is 15.6. The lowest BCUT2D eigenvalue weighted by atomic mass is 10.2. The molecule has 0 radical (unpaired) electrons. The maximum absolute atomic E-state index is 5.51. The maximum atomic E-state index is 5.51. The average molecular weight is 359 g/mol. The van der Waals surface area contributed by atoms with Crippen LogP contribution in [0.3, 0.4) is 0 Å². The number of aromatic nitrogens is 4. The van der Waals surface area contributed by atoms with Crippen LogP contribution in [0, 0.1) is 6.92 Å². The van der Waals surface area contributed by atoms with Crippen LogP contribution in [-0.2, 0) is 0 Å². The smallest absolute Gasteiger partial charge is 0.230 e. The van der Waals surface area contributed by atoms with Crippen LogP contribution < -0.4 is 9.64 Å². The fourth-order valence-corrected chi connectivity index (χ4v) is 3.11. The molecule has 0 aliphatic carbocycles. The van der Waals surface area contributed by atoms with Crippen molar-refractivity contribution < 1.29 is 4.74 Å². The van der Waals surface area contributed by atoms with Crippen LogP contribution in [0.2, 0.25) is 0 Å². The lowest BCUT2D eigenvalue weighted by molar-refractivity contribution is 0.340. The fraction of sp³-hybridized carbons (Fsp3) is 0.190. The number of anilines is 2. The van der Waals surface area contributed by atoms with Crippen molar-refractivity contribution in [3.05, 3.63) is 66.6 Å². The molecule has 0 N–H and O–H groups in total. The van der Waals surface area contributed by atoms with Crippen molar-refractivity contribution in [3.8, 4) is 17.1 Å². The van der Waals surface area contributed by atoms with Gasteiger partial charge in [-0.1, -0.05) is 6.07 Å². The summed E-state index contributed by atoms with van der Waals surface area (Å²) in [4.78, 5) is 15.8. The van der Waals surface area contributed by atoms with Crippen molar-refractivity contribution in [2.24, 2.45) is 0 Å². The number of ether oxygens (including phenoxy) is 1. The van der Waals surface area contributed by atoms with Gasteiger partial charge in [0.25, 0.3) is 0 Å². The highest BCUT2D eigenvalue weighted by Crippen LogP contribution is 2.27. The summed E-state index contributed by atoms with van der Waals surface area (Å²) in [7, 11) is 1.95. The highest BCUT2D eigenvalue weighted by molar-refractivity contribution is 5.66. The minimum absolute atomic E-state index is 0.627. The Morgan fingerprint density at radius 3 is 2.63 bits per heavy atom. The first kappa shape index (κ1) is 17.0. The molecule has 0 fully saturated rings. The lowest BCUT2D eigenvalue weighted by Gasteiger charge is -2.18. The van der Waals surface area contributed by atoms with E-state index in [1.807, 2.05) is 80.5 Å². The summed E-state index contributed by atoms with van der Waals surface area (Å²) in [6, 6.07) is 15.8. The summed E-state index contributed by atoms with van der Waals surface area (Å²) in [6.07, 6.45) is 3.78. The van der Waals surface area contributed by atoms with Gasteiger partial charge in [-0.3, -0.25) is 4.40 Å². The number of aryl methyl sites for hydroxylation is 1. The first-order valence-corrected chi connectivity index (χ1v) is 8.91. The number of nitrogens with zero attached hydrogens (tertiary/aromatic N) is 5. The molecule has 0 unspecified atom stereocenters. The monoisotopic (exact) mass is 359 g/mol. The normalized spacial score (nSPS) is 10.9. The summed E-state index contributed by atoms with van der Waals surface area (Å²) in [6.45, 7) is 4.63. The van der Waals surface area contributed by atoms with Gasteiger partial charge in [0.15, 0.2) is 0 Å². The van der Waals surface area contributed by atoms with E-state index in [0.717, 1.165) is 34.2 Å². The zero-order valence-corrected chi connectivity index (χ0v) is 15.6. The van der Waals surface area contributed by atoms with Crippen LogP contribution in [0.25, 0.3) is 17.0 Å². The number of fused-ring (bicyclic) bond motifs is 1. The summed E-state index contributed by atoms with van der Waals surface area (Å²) in [5.41, 5.74) is 4.66. The molecule has 0 bridgehead atoms. The predicted molar refractivity (Wildman–Crippen MR) is 107 cm³/mol. The Kier molecular flexibility index (Phi) is 4.46. The first-order valence-electron chi connectivity index (χ1n) is 8.91. The molecule has 0 aliphatic rings. The van der Waals surface area contributed by atoms with Crippen molar-refractivity contribution in [2.45, 2.75) is 13.8 Å². The van der Waals surface area contributed by atoms with E-state index in [9.17, 15) is 0 Å². The van der Waals surface area contributed by atoms with Crippen molar-refractivity contribution in [1.82, 2.24) is 19.4 Å². The highest BCUT2D eigenvalue weighted by Gasteiger charge is 2.14. The van der Waals surface area contributed by atoms with Crippen LogP contribution in [-0.4, -0.2) is 33.0 Å². The Morgan fingerprint density at radius 2 is 1.85 bits per heavy atom. The molecule has 27 heavy (non-hydrogen) atoms. The Hall–Kier alpha value is -3.41. The van der Waals surface area contributed by atoms with Gasteiger partial charge < -0.3 is 9.64 Å². The largest absolute Gasteiger partial charge is 0.494 e. The molecule has 3 heterocycles. The first-order chi connectivity index (χ1) is 13.2. The molecule has 0 aliphatic heterocycles. The van der Waals surface area contributed by atoms with E-state index < -0.39 is 0 Å². The summed E-state index contributed by atoms with van der Waals surface area (Å²) in [5, 5.41) is 0. The molecule has 1 aromatic carbocycles. The third kappa shape index (κ3) is 3.21. The van der Waals surface area contributed by atoms with E-state index in [1.54, 1.807) is 6.20 Å². The van der Waals surface area contributed by atoms with Gasteiger partial charge in [0.1, 0.15) is 11.4 Å². The summed E-state index contributed by atoms with van der Waals surface area (Å²) < 4.78 is 7.56. The molecule has 0 amide bonds. The third-order valence-corrected chi connectivity index (χ3v) is 4.42. The quantitative estimate of drug-likeness (QED) is 0.533. The summed E-state index contributed by atoms with van der Waals surface area (Å²) in [5.74, 6) is 1.48. The number of hydrogen-bond donors (Lipinski definition) is 0. The second-order valence-electron chi connectivity index (χ2n) is 6.20. The van der Waals surface area contributed by atoms with Crippen molar-refractivity contribution in [3.63, 3.8) is 0 Å². The van der Waals surface area contributed by atoms with E-state index in [2.05, 4.69) is 14.4 Å². The highest BCUT2D eigenvalue weighted by atomic mass is 16.5. The number of rotatable bonds is 5. The van der Waals surface area contributed by atoms with Gasteiger partial charge in [0, 0.05) is 25.1 Å². The minimum atomic E-state index is 0.627. The van der Waals surface area contributed by atoms with Gasteiger partial charge >= 0.3 is 0 Å². The molecule has 0 saturated carbocycles. The average Bonchev–Trinajstić information content (AvgIpc) is 3.04. The van der Waals surface area contributed by atoms with Gasteiger partial charge in [-0.15, -0.1) is 0 Å². The molecule has 6 heteroatoms. The summed E-state index contributed by atoms with van der Waals surface area (Å²) >= 11 is 0. The lowest BCUT2D eigenvalue weighted by Crippen LogP contribution is -2.13. The minimum Gasteiger partial charge on any atom is -0.494 e. The number of hydrogen-bond acceptors (Lipinski definition) is 5. The second-order valence-corrected chi connectivity index (χ2v) is 6.20. The van der Waals surface area contributed by atoms with Crippen LogP contribution in [0.4, 0.5) is 11.6 Å². The predicted octanol–water partition coefficient (Wildman–Crippen LogP) is 4.27. The van der Waals surface area contributed by atoms with Crippen LogP contribution in [0.1, 0.15) is 12.6 Å². The van der Waals surface area contributed by atoms with E-state index in [1.165, 1.54) is 0 Å². The van der Waals surface area contributed by atoms with E-state index in [0.29, 0.717) is 12.6 Å². The van der Waals surface area contributed by atoms with Crippen LogP contribution >= 0.6 is 0 Å². The molecule has 0 saturated heterocycles.